The topological polar surface area (TPSA) is 87.7 Å². The zero-order chi connectivity index (χ0) is 16.9. The summed E-state index contributed by atoms with van der Waals surface area (Å²) in [5, 5.41) is 5.71. The molecule has 23 heavy (non-hydrogen) atoms. The Morgan fingerprint density at radius 3 is 2.39 bits per heavy atom. The molecule has 0 aromatic carbocycles. The summed E-state index contributed by atoms with van der Waals surface area (Å²) in [5.74, 6) is 0.506. The molecule has 2 amide bonds. The molecule has 0 unspecified atom stereocenters. The molecule has 0 bridgehead atoms. The molecule has 134 valence electrons. The average molecular weight is 347 g/mol. The lowest BCUT2D eigenvalue weighted by Gasteiger charge is -2.27. The molecule has 7 nitrogen and oxygen atoms in total. The third-order valence-corrected chi connectivity index (χ3v) is 6.26. The Labute approximate surface area is 139 Å². The number of carbonyl (C=O) groups excluding carboxylic acids is 1. The summed E-state index contributed by atoms with van der Waals surface area (Å²) in [5.41, 5.74) is 0. The fourth-order valence-electron chi connectivity index (χ4n) is 3.53. The van der Waals surface area contributed by atoms with Crippen LogP contribution in [0, 0.1) is 5.92 Å². The van der Waals surface area contributed by atoms with Gasteiger partial charge in [0.1, 0.15) is 0 Å². The SMILES string of the molecule is COC1CCC(CNC(=O)NC[C@H]2CCCN2S(C)(=O)=O)CC1. The van der Waals surface area contributed by atoms with Crippen molar-refractivity contribution in [3.05, 3.63) is 0 Å². The van der Waals surface area contributed by atoms with Gasteiger partial charge in [-0.1, -0.05) is 0 Å². The Balaban J connectivity index is 1.66. The molecule has 2 N–H and O–H groups in total. The highest BCUT2D eigenvalue weighted by molar-refractivity contribution is 7.88. The normalized spacial score (nSPS) is 29.4. The lowest BCUT2D eigenvalue weighted by molar-refractivity contribution is 0.0571. The van der Waals surface area contributed by atoms with Gasteiger partial charge in [-0.3, -0.25) is 0 Å². The zero-order valence-corrected chi connectivity index (χ0v) is 14.9. The standard InChI is InChI=1S/C15H29N3O4S/c1-22-14-7-5-12(6-8-14)10-16-15(19)17-11-13-4-3-9-18(13)23(2,20)21/h12-14H,3-11H2,1-2H3,(H2,16,17,19)/t12?,13-,14?/m1/s1. The van der Waals surface area contributed by atoms with Gasteiger partial charge >= 0.3 is 6.03 Å². The molecule has 2 fully saturated rings. The van der Waals surface area contributed by atoms with Crippen molar-refractivity contribution < 1.29 is 17.9 Å². The van der Waals surface area contributed by atoms with E-state index in [0.29, 0.717) is 31.7 Å². The van der Waals surface area contributed by atoms with Gasteiger partial charge in [-0.2, -0.15) is 4.31 Å². The largest absolute Gasteiger partial charge is 0.381 e. The molecule has 0 aromatic rings. The van der Waals surface area contributed by atoms with E-state index in [1.54, 1.807) is 7.11 Å². The number of hydrogen-bond donors (Lipinski definition) is 2. The van der Waals surface area contributed by atoms with Crippen LogP contribution in [0.2, 0.25) is 0 Å². The molecule has 1 heterocycles. The maximum absolute atomic E-state index is 11.9. The molecule has 0 radical (unpaired) electrons. The fraction of sp³-hybridized carbons (Fsp3) is 0.933. The van der Waals surface area contributed by atoms with Crippen LogP contribution in [0.15, 0.2) is 0 Å². The highest BCUT2D eigenvalue weighted by Gasteiger charge is 2.31. The summed E-state index contributed by atoms with van der Waals surface area (Å²) >= 11 is 0. The van der Waals surface area contributed by atoms with Crippen LogP contribution < -0.4 is 10.6 Å². The van der Waals surface area contributed by atoms with Crippen LogP contribution >= 0.6 is 0 Å². The van der Waals surface area contributed by atoms with Crippen molar-refractivity contribution in [2.24, 2.45) is 5.92 Å². The number of carbonyl (C=O) groups is 1. The number of rotatable bonds is 6. The van der Waals surface area contributed by atoms with Crippen molar-refractivity contribution in [1.82, 2.24) is 14.9 Å². The third kappa shape index (κ3) is 5.61. The first-order valence-corrected chi connectivity index (χ1v) is 10.3. The number of methoxy groups -OCH3 is 1. The molecule has 1 aliphatic carbocycles. The lowest BCUT2D eigenvalue weighted by atomic mass is 9.87. The van der Waals surface area contributed by atoms with E-state index in [-0.39, 0.29) is 12.1 Å². The smallest absolute Gasteiger partial charge is 0.314 e. The lowest BCUT2D eigenvalue weighted by Crippen LogP contribution is -2.46. The van der Waals surface area contributed by atoms with Crippen LogP contribution in [-0.4, -0.2) is 63.9 Å². The minimum absolute atomic E-state index is 0.118. The van der Waals surface area contributed by atoms with Crippen LogP contribution in [0.4, 0.5) is 4.79 Å². The van der Waals surface area contributed by atoms with Crippen LogP contribution in [0.1, 0.15) is 38.5 Å². The van der Waals surface area contributed by atoms with Crippen LogP contribution in [0.3, 0.4) is 0 Å². The number of amides is 2. The molecule has 1 atom stereocenters. The van der Waals surface area contributed by atoms with Gasteiger partial charge in [-0.15, -0.1) is 0 Å². The monoisotopic (exact) mass is 347 g/mol. The predicted molar refractivity (Wildman–Crippen MR) is 88.7 cm³/mol. The molecule has 1 aliphatic heterocycles. The van der Waals surface area contributed by atoms with E-state index >= 15 is 0 Å². The Bertz CT molecular complexity index is 489. The first kappa shape index (κ1) is 18.5. The first-order chi connectivity index (χ1) is 10.9. The Kier molecular flexibility index (Phi) is 6.67. The second-order valence-corrected chi connectivity index (χ2v) is 8.57. The van der Waals surface area contributed by atoms with Gasteiger partial charge in [-0.05, 0) is 44.4 Å². The van der Waals surface area contributed by atoms with Gasteiger partial charge in [-0.25, -0.2) is 13.2 Å². The van der Waals surface area contributed by atoms with E-state index < -0.39 is 10.0 Å². The Morgan fingerprint density at radius 2 is 1.78 bits per heavy atom. The maximum Gasteiger partial charge on any atom is 0.314 e. The maximum atomic E-state index is 11.9. The van der Waals surface area contributed by atoms with Crippen molar-refractivity contribution >= 4 is 16.1 Å². The minimum Gasteiger partial charge on any atom is -0.381 e. The number of sulfonamides is 1. The van der Waals surface area contributed by atoms with Crippen molar-refractivity contribution in [2.75, 3.05) is 33.0 Å². The summed E-state index contributed by atoms with van der Waals surface area (Å²) in [4.78, 5) is 11.9. The number of hydrogen-bond acceptors (Lipinski definition) is 4. The van der Waals surface area contributed by atoms with Crippen molar-refractivity contribution in [3.8, 4) is 0 Å². The highest BCUT2D eigenvalue weighted by Crippen LogP contribution is 2.25. The molecule has 0 spiro atoms. The minimum atomic E-state index is -3.19. The molecular formula is C15H29N3O4S. The predicted octanol–water partition coefficient (Wildman–Crippen LogP) is 0.915. The van der Waals surface area contributed by atoms with Crippen molar-refractivity contribution in [3.63, 3.8) is 0 Å². The molecule has 1 saturated heterocycles. The van der Waals surface area contributed by atoms with Gasteiger partial charge in [0.25, 0.3) is 0 Å². The van der Waals surface area contributed by atoms with Gasteiger partial charge in [0, 0.05) is 32.8 Å². The summed E-state index contributed by atoms with van der Waals surface area (Å²) in [7, 11) is -1.44. The molecule has 2 aliphatic rings. The van der Waals surface area contributed by atoms with E-state index in [4.69, 9.17) is 4.74 Å². The number of nitrogens with one attached hydrogen (secondary N) is 2. The van der Waals surface area contributed by atoms with Crippen LogP contribution in [-0.2, 0) is 14.8 Å². The third-order valence-electron chi connectivity index (χ3n) is 4.93. The van der Waals surface area contributed by atoms with E-state index in [2.05, 4.69) is 10.6 Å². The Hall–Kier alpha value is -0.860. The van der Waals surface area contributed by atoms with Crippen molar-refractivity contribution in [1.29, 1.82) is 0 Å². The average Bonchev–Trinajstić information content (AvgIpc) is 3.00. The van der Waals surface area contributed by atoms with E-state index in [9.17, 15) is 13.2 Å². The van der Waals surface area contributed by atoms with E-state index in [1.807, 2.05) is 0 Å². The summed E-state index contributed by atoms with van der Waals surface area (Å²) in [6.45, 7) is 1.59. The second-order valence-electron chi connectivity index (χ2n) is 6.64. The summed E-state index contributed by atoms with van der Waals surface area (Å²) in [6, 6.07) is -0.327. The number of ether oxygens (including phenoxy) is 1. The van der Waals surface area contributed by atoms with E-state index in [0.717, 1.165) is 38.5 Å². The Morgan fingerprint density at radius 1 is 1.13 bits per heavy atom. The number of urea groups is 1. The molecule has 0 aromatic heterocycles. The highest BCUT2D eigenvalue weighted by atomic mass is 32.2. The number of nitrogens with zero attached hydrogens (tertiary/aromatic N) is 1. The quantitative estimate of drug-likeness (QED) is 0.748. The van der Waals surface area contributed by atoms with Gasteiger partial charge in [0.15, 0.2) is 0 Å². The van der Waals surface area contributed by atoms with Gasteiger partial charge in [0.05, 0.1) is 12.4 Å². The first-order valence-electron chi connectivity index (χ1n) is 8.41. The van der Waals surface area contributed by atoms with Crippen LogP contribution in [0.25, 0.3) is 0 Å². The molecular weight excluding hydrogens is 318 g/mol. The zero-order valence-electron chi connectivity index (χ0n) is 14.1. The van der Waals surface area contributed by atoms with E-state index in [1.165, 1.54) is 10.6 Å². The van der Waals surface area contributed by atoms with Gasteiger partial charge < -0.3 is 15.4 Å². The fourth-order valence-corrected chi connectivity index (χ4v) is 4.71. The molecule has 1 saturated carbocycles. The van der Waals surface area contributed by atoms with Crippen LogP contribution in [0.5, 0.6) is 0 Å². The summed E-state index contributed by atoms with van der Waals surface area (Å²) < 4.78 is 30.1. The molecule has 8 heteroatoms. The summed E-state index contributed by atoms with van der Waals surface area (Å²) in [6.07, 6.45) is 7.49. The van der Waals surface area contributed by atoms with Crippen molar-refractivity contribution in [2.45, 2.75) is 50.7 Å². The molecule has 2 rings (SSSR count). The second kappa shape index (κ2) is 8.30. The van der Waals surface area contributed by atoms with Gasteiger partial charge in [0.2, 0.25) is 10.0 Å².